The van der Waals surface area contributed by atoms with Gasteiger partial charge in [-0.25, -0.2) is 4.79 Å². The van der Waals surface area contributed by atoms with E-state index in [4.69, 9.17) is 5.11 Å². The molecular weight excluding hydrogens is 182 g/mol. The van der Waals surface area contributed by atoms with Crippen LogP contribution in [0.15, 0.2) is 41.3 Å². The highest BCUT2D eigenvalue weighted by Crippen LogP contribution is 2.04. The largest absolute Gasteiger partial charge is 0.477 e. The van der Waals surface area contributed by atoms with Gasteiger partial charge in [-0.3, -0.25) is 4.79 Å². The van der Waals surface area contributed by atoms with Gasteiger partial charge < -0.3 is 9.51 Å². The number of carboxylic acids is 1. The Labute approximate surface area is 79.0 Å². The van der Waals surface area contributed by atoms with E-state index in [9.17, 15) is 9.59 Å². The Bertz CT molecular complexity index is 557. The molecule has 2 heterocycles. The van der Waals surface area contributed by atoms with Crippen molar-refractivity contribution in [1.82, 2.24) is 4.40 Å². The van der Waals surface area contributed by atoms with Gasteiger partial charge in [-0.05, 0) is 12.1 Å². The number of pyridine rings is 2. The predicted octanol–water partition coefficient (Wildman–Crippen LogP) is 0.998. The lowest BCUT2D eigenvalue weighted by Crippen LogP contribution is -2.11. The highest BCUT2D eigenvalue weighted by molar-refractivity contribution is 5.86. The first kappa shape index (κ1) is 8.50. The standard InChI is InChI=1S/C10H7NO3/c12-8-5-7-3-1-2-4-11(7)9(6-8)10(13)14/h1-6H,(H,13,14). The molecule has 70 valence electrons. The van der Waals surface area contributed by atoms with Crippen molar-refractivity contribution >= 4 is 11.5 Å². The molecule has 0 fully saturated rings. The summed E-state index contributed by atoms with van der Waals surface area (Å²) in [7, 11) is 0. The number of carbonyl (C=O) groups is 1. The Morgan fingerprint density at radius 3 is 2.79 bits per heavy atom. The van der Waals surface area contributed by atoms with Crippen LogP contribution >= 0.6 is 0 Å². The molecular formula is C10H7NO3. The van der Waals surface area contributed by atoms with Gasteiger partial charge in [0.15, 0.2) is 5.43 Å². The molecule has 14 heavy (non-hydrogen) atoms. The van der Waals surface area contributed by atoms with Crippen LogP contribution in [0.4, 0.5) is 0 Å². The van der Waals surface area contributed by atoms with E-state index in [1.165, 1.54) is 10.5 Å². The van der Waals surface area contributed by atoms with Gasteiger partial charge in [0.05, 0.1) is 0 Å². The highest BCUT2D eigenvalue weighted by atomic mass is 16.4. The number of hydrogen-bond acceptors (Lipinski definition) is 2. The Hall–Kier alpha value is -2.10. The summed E-state index contributed by atoms with van der Waals surface area (Å²) in [5.41, 5.74) is 0.263. The molecule has 0 unspecified atom stereocenters. The van der Waals surface area contributed by atoms with Crippen molar-refractivity contribution in [3.05, 3.63) is 52.4 Å². The molecule has 0 aliphatic carbocycles. The summed E-state index contributed by atoms with van der Waals surface area (Å²) >= 11 is 0. The number of fused-ring (bicyclic) bond motifs is 1. The maximum atomic E-state index is 11.1. The van der Waals surface area contributed by atoms with Gasteiger partial charge in [0.25, 0.3) is 0 Å². The third-order valence-corrected chi connectivity index (χ3v) is 1.94. The fourth-order valence-corrected chi connectivity index (χ4v) is 1.35. The molecule has 2 aromatic rings. The number of aromatic carboxylic acids is 1. The monoisotopic (exact) mass is 189 g/mol. The summed E-state index contributed by atoms with van der Waals surface area (Å²) in [4.78, 5) is 21.9. The van der Waals surface area contributed by atoms with E-state index >= 15 is 0 Å². The van der Waals surface area contributed by atoms with Gasteiger partial charge >= 0.3 is 5.97 Å². The first-order chi connectivity index (χ1) is 6.68. The molecule has 0 aliphatic heterocycles. The van der Waals surface area contributed by atoms with Crippen LogP contribution in [0.2, 0.25) is 0 Å². The van der Waals surface area contributed by atoms with E-state index < -0.39 is 5.97 Å². The number of rotatable bonds is 1. The average molecular weight is 189 g/mol. The van der Waals surface area contributed by atoms with Crippen molar-refractivity contribution in [2.45, 2.75) is 0 Å². The summed E-state index contributed by atoms with van der Waals surface area (Å²) in [6, 6.07) is 7.65. The second kappa shape index (κ2) is 2.99. The smallest absolute Gasteiger partial charge is 0.353 e. The zero-order valence-electron chi connectivity index (χ0n) is 7.18. The molecule has 0 spiro atoms. The second-order valence-corrected chi connectivity index (χ2v) is 2.88. The molecule has 4 nitrogen and oxygen atoms in total. The van der Waals surface area contributed by atoms with E-state index in [0.717, 1.165) is 6.07 Å². The van der Waals surface area contributed by atoms with Crippen molar-refractivity contribution in [3.8, 4) is 0 Å². The van der Waals surface area contributed by atoms with Crippen LogP contribution < -0.4 is 5.43 Å². The van der Waals surface area contributed by atoms with Crippen molar-refractivity contribution in [1.29, 1.82) is 0 Å². The zero-order chi connectivity index (χ0) is 10.1. The minimum absolute atomic E-state index is 0.0203. The molecule has 2 aromatic heterocycles. The lowest BCUT2D eigenvalue weighted by atomic mass is 10.3. The van der Waals surface area contributed by atoms with Crippen molar-refractivity contribution in [2.75, 3.05) is 0 Å². The van der Waals surface area contributed by atoms with Crippen molar-refractivity contribution in [2.24, 2.45) is 0 Å². The molecule has 0 aliphatic rings. The predicted molar refractivity (Wildman–Crippen MR) is 50.6 cm³/mol. The normalized spacial score (nSPS) is 10.3. The molecule has 0 saturated heterocycles. The number of carboxylic acid groups (broad SMARTS) is 1. The van der Waals surface area contributed by atoms with Gasteiger partial charge in [-0.1, -0.05) is 6.07 Å². The molecule has 2 rings (SSSR count). The second-order valence-electron chi connectivity index (χ2n) is 2.88. The topological polar surface area (TPSA) is 58.8 Å². The lowest BCUT2D eigenvalue weighted by molar-refractivity contribution is 0.0688. The van der Waals surface area contributed by atoms with Crippen molar-refractivity contribution < 1.29 is 9.90 Å². The molecule has 4 heteroatoms. The molecule has 1 N–H and O–H groups in total. The highest BCUT2D eigenvalue weighted by Gasteiger charge is 2.07. The Morgan fingerprint density at radius 1 is 1.29 bits per heavy atom. The zero-order valence-corrected chi connectivity index (χ0v) is 7.18. The van der Waals surface area contributed by atoms with E-state index in [1.807, 2.05) is 0 Å². The molecule has 0 aromatic carbocycles. The van der Waals surface area contributed by atoms with Crippen molar-refractivity contribution in [3.63, 3.8) is 0 Å². The number of nitrogens with zero attached hydrogens (tertiary/aromatic N) is 1. The molecule has 0 amide bonds. The third kappa shape index (κ3) is 1.26. The third-order valence-electron chi connectivity index (χ3n) is 1.94. The van der Waals surface area contributed by atoms with Crippen LogP contribution in [0.25, 0.3) is 5.52 Å². The first-order valence-corrected chi connectivity index (χ1v) is 4.03. The minimum atomic E-state index is -1.11. The first-order valence-electron chi connectivity index (χ1n) is 4.03. The van der Waals surface area contributed by atoms with Crippen LogP contribution in [-0.2, 0) is 0 Å². The quantitative estimate of drug-likeness (QED) is 0.727. The fraction of sp³-hybridized carbons (Fsp3) is 0. The molecule has 0 bridgehead atoms. The molecule has 0 atom stereocenters. The van der Waals surface area contributed by atoms with E-state index in [0.29, 0.717) is 5.52 Å². The van der Waals surface area contributed by atoms with Crippen LogP contribution in [-0.4, -0.2) is 15.5 Å². The minimum Gasteiger partial charge on any atom is -0.477 e. The summed E-state index contributed by atoms with van der Waals surface area (Å²) < 4.78 is 1.46. The summed E-state index contributed by atoms with van der Waals surface area (Å²) in [5, 5.41) is 8.85. The van der Waals surface area contributed by atoms with Gasteiger partial charge in [-0.15, -0.1) is 0 Å². The van der Waals surface area contributed by atoms with Gasteiger partial charge in [0.1, 0.15) is 5.69 Å². The van der Waals surface area contributed by atoms with Crippen LogP contribution in [0, 0.1) is 0 Å². The summed E-state index contributed by atoms with van der Waals surface area (Å²) in [6.07, 6.45) is 1.61. The lowest BCUT2D eigenvalue weighted by Gasteiger charge is -2.03. The SMILES string of the molecule is O=C(O)c1cc(=O)cc2ccccn12. The Kier molecular flexibility index (Phi) is 1.81. The van der Waals surface area contributed by atoms with Crippen LogP contribution in [0.3, 0.4) is 0 Å². The van der Waals surface area contributed by atoms with Gasteiger partial charge in [0, 0.05) is 23.8 Å². The maximum Gasteiger partial charge on any atom is 0.353 e. The summed E-state index contributed by atoms with van der Waals surface area (Å²) in [6.45, 7) is 0. The number of hydrogen-bond donors (Lipinski definition) is 1. The van der Waals surface area contributed by atoms with Gasteiger partial charge in [-0.2, -0.15) is 0 Å². The van der Waals surface area contributed by atoms with Crippen LogP contribution in [0.5, 0.6) is 0 Å². The van der Waals surface area contributed by atoms with E-state index in [-0.39, 0.29) is 11.1 Å². The average Bonchev–Trinajstić information content (AvgIpc) is 2.16. The fourth-order valence-electron chi connectivity index (χ4n) is 1.35. The Morgan fingerprint density at radius 2 is 2.07 bits per heavy atom. The molecule has 0 saturated carbocycles. The van der Waals surface area contributed by atoms with Gasteiger partial charge in [0.2, 0.25) is 0 Å². The Balaban J connectivity index is 2.94. The molecule has 0 radical (unpaired) electrons. The summed E-state index contributed by atoms with van der Waals surface area (Å²) in [5.74, 6) is -1.11. The maximum absolute atomic E-state index is 11.1. The number of aromatic nitrogens is 1. The van der Waals surface area contributed by atoms with Crippen LogP contribution in [0.1, 0.15) is 10.5 Å². The van der Waals surface area contributed by atoms with E-state index in [2.05, 4.69) is 0 Å². The van der Waals surface area contributed by atoms with E-state index in [1.54, 1.807) is 24.4 Å².